The zero-order valence-electron chi connectivity index (χ0n) is 13.7. The quantitative estimate of drug-likeness (QED) is 0.577. The first-order chi connectivity index (χ1) is 12.8. The number of nitrogens with zero attached hydrogens (tertiary/aromatic N) is 1. The molecule has 0 fully saturated rings. The Kier molecular flexibility index (Phi) is 5.49. The van der Waals surface area contributed by atoms with E-state index in [4.69, 9.17) is 0 Å². The van der Waals surface area contributed by atoms with Gasteiger partial charge >= 0.3 is 0 Å². The molecule has 10 heteroatoms. The molecular weight excluding hydrogens is 454 g/mol. The van der Waals surface area contributed by atoms with Crippen molar-refractivity contribution in [3.63, 3.8) is 0 Å². The molecular formula is C17H14BrN3O4S2. The predicted octanol–water partition coefficient (Wildman–Crippen LogP) is 3.45. The molecule has 0 spiro atoms. The Labute approximate surface area is 165 Å². The third-order valence-electron chi connectivity index (χ3n) is 3.45. The monoisotopic (exact) mass is 467 g/mol. The van der Waals surface area contributed by atoms with Gasteiger partial charge < -0.3 is 0 Å². The summed E-state index contributed by atoms with van der Waals surface area (Å²) >= 11 is 3.25. The highest BCUT2D eigenvalue weighted by Gasteiger charge is 2.17. The highest BCUT2D eigenvalue weighted by Crippen LogP contribution is 2.21. The van der Waals surface area contributed by atoms with Crippen molar-refractivity contribution in [2.75, 3.05) is 9.44 Å². The largest absolute Gasteiger partial charge is 0.280 e. The van der Waals surface area contributed by atoms with Crippen LogP contribution in [-0.2, 0) is 20.0 Å². The second-order valence-corrected chi connectivity index (χ2v) is 9.71. The van der Waals surface area contributed by atoms with E-state index in [9.17, 15) is 16.8 Å². The minimum absolute atomic E-state index is 0.00190. The molecule has 0 bridgehead atoms. The van der Waals surface area contributed by atoms with Gasteiger partial charge in [0.25, 0.3) is 20.0 Å². The molecule has 0 aliphatic carbocycles. The van der Waals surface area contributed by atoms with Crippen molar-refractivity contribution in [3.8, 4) is 0 Å². The van der Waals surface area contributed by atoms with Gasteiger partial charge in [-0.1, -0.05) is 15.9 Å². The van der Waals surface area contributed by atoms with E-state index in [0.717, 1.165) is 4.47 Å². The van der Waals surface area contributed by atoms with Crippen molar-refractivity contribution in [1.82, 2.24) is 4.98 Å². The summed E-state index contributed by atoms with van der Waals surface area (Å²) in [6, 6.07) is 14.7. The number of benzene rings is 2. The zero-order valence-corrected chi connectivity index (χ0v) is 16.9. The van der Waals surface area contributed by atoms with Gasteiger partial charge in [0.1, 0.15) is 0 Å². The van der Waals surface area contributed by atoms with Crippen LogP contribution in [-0.4, -0.2) is 21.8 Å². The molecule has 140 valence electrons. The number of hydrogen-bond donors (Lipinski definition) is 2. The smallest absolute Gasteiger partial charge is 0.261 e. The lowest BCUT2D eigenvalue weighted by atomic mass is 10.3. The molecule has 7 nitrogen and oxygen atoms in total. The normalized spacial score (nSPS) is 11.7. The Morgan fingerprint density at radius 2 is 1.22 bits per heavy atom. The first-order valence-electron chi connectivity index (χ1n) is 7.58. The maximum atomic E-state index is 12.4. The molecule has 0 atom stereocenters. The van der Waals surface area contributed by atoms with Crippen molar-refractivity contribution in [3.05, 3.63) is 77.5 Å². The van der Waals surface area contributed by atoms with Crippen molar-refractivity contribution in [1.29, 1.82) is 0 Å². The van der Waals surface area contributed by atoms with E-state index in [2.05, 4.69) is 30.4 Å². The maximum Gasteiger partial charge on any atom is 0.261 e. The number of hydrogen-bond acceptors (Lipinski definition) is 5. The van der Waals surface area contributed by atoms with Gasteiger partial charge in [0.2, 0.25) is 0 Å². The van der Waals surface area contributed by atoms with E-state index in [0.29, 0.717) is 5.69 Å². The van der Waals surface area contributed by atoms with Crippen LogP contribution in [0.1, 0.15) is 0 Å². The van der Waals surface area contributed by atoms with Gasteiger partial charge in [-0.25, -0.2) is 16.8 Å². The minimum Gasteiger partial charge on any atom is -0.280 e. The standard InChI is InChI=1S/C17H14BrN3O4S2/c18-13-3-7-16(8-4-13)26(22,23)20-14-5-9-17(10-6-14)27(24,25)21-15-2-1-11-19-12-15/h1-12,20-21H. The van der Waals surface area contributed by atoms with Crippen LogP contribution in [0.15, 0.2) is 87.3 Å². The fourth-order valence-corrected chi connectivity index (χ4v) is 4.53. The van der Waals surface area contributed by atoms with Crippen molar-refractivity contribution in [2.45, 2.75) is 9.79 Å². The van der Waals surface area contributed by atoms with E-state index in [-0.39, 0.29) is 15.5 Å². The summed E-state index contributed by atoms with van der Waals surface area (Å²) in [4.78, 5) is 3.94. The Hall–Kier alpha value is -2.43. The summed E-state index contributed by atoms with van der Waals surface area (Å²) in [5.74, 6) is 0. The number of pyridine rings is 1. The Morgan fingerprint density at radius 1 is 0.704 bits per heavy atom. The lowest BCUT2D eigenvalue weighted by Gasteiger charge is -2.10. The number of nitrogens with one attached hydrogen (secondary N) is 2. The summed E-state index contributed by atoms with van der Waals surface area (Å²) in [5.41, 5.74) is 0.579. The summed E-state index contributed by atoms with van der Waals surface area (Å²) in [6.07, 6.45) is 2.92. The maximum absolute atomic E-state index is 12.4. The van der Waals surface area contributed by atoms with Gasteiger partial charge in [-0.15, -0.1) is 0 Å². The molecule has 3 aromatic rings. The van der Waals surface area contributed by atoms with Crippen LogP contribution >= 0.6 is 15.9 Å². The second-order valence-electron chi connectivity index (χ2n) is 5.43. The second kappa shape index (κ2) is 7.67. The molecule has 27 heavy (non-hydrogen) atoms. The lowest BCUT2D eigenvalue weighted by Crippen LogP contribution is -2.14. The van der Waals surface area contributed by atoms with Gasteiger partial charge in [-0.05, 0) is 60.7 Å². The predicted molar refractivity (Wildman–Crippen MR) is 106 cm³/mol. The van der Waals surface area contributed by atoms with E-state index in [1.807, 2.05) is 0 Å². The van der Waals surface area contributed by atoms with Gasteiger partial charge in [0.15, 0.2) is 0 Å². The molecule has 0 saturated heterocycles. The fraction of sp³-hybridized carbons (Fsp3) is 0. The topological polar surface area (TPSA) is 105 Å². The molecule has 1 aromatic heterocycles. The third-order valence-corrected chi connectivity index (χ3v) is 6.78. The van der Waals surface area contributed by atoms with Gasteiger partial charge in [-0.3, -0.25) is 14.4 Å². The van der Waals surface area contributed by atoms with Gasteiger partial charge in [0.05, 0.1) is 21.7 Å². The number of halogens is 1. The molecule has 1 heterocycles. The summed E-state index contributed by atoms with van der Waals surface area (Å²) < 4.78 is 55.1. The molecule has 0 aliphatic heterocycles. The lowest BCUT2D eigenvalue weighted by molar-refractivity contribution is 0.600. The average Bonchev–Trinajstić information content (AvgIpc) is 2.63. The molecule has 2 N–H and O–H groups in total. The van der Waals surface area contributed by atoms with E-state index < -0.39 is 20.0 Å². The summed E-state index contributed by atoms with van der Waals surface area (Å²) in [6.45, 7) is 0. The van der Waals surface area contributed by atoms with E-state index >= 15 is 0 Å². The first-order valence-corrected chi connectivity index (χ1v) is 11.3. The molecule has 2 aromatic carbocycles. The van der Waals surface area contributed by atoms with Gasteiger partial charge in [-0.2, -0.15) is 0 Å². The van der Waals surface area contributed by atoms with Crippen molar-refractivity contribution >= 4 is 47.4 Å². The Bertz CT molecular complexity index is 1130. The molecule has 0 saturated carbocycles. The molecule has 0 aliphatic rings. The SMILES string of the molecule is O=S(=O)(Nc1ccc(S(=O)(=O)Nc2cccnc2)cc1)c1ccc(Br)cc1. The average molecular weight is 468 g/mol. The summed E-state index contributed by atoms with van der Waals surface area (Å²) in [7, 11) is -7.57. The minimum atomic E-state index is -3.80. The van der Waals surface area contributed by atoms with E-state index in [1.165, 1.54) is 48.8 Å². The van der Waals surface area contributed by atoms with Crippen LogP contribution in [0.5, 0.6) is 0 Å². The number of aromatic nitrogens is 1. The molecule has 0 unspecified atom stereocenters. The van der Waals surface area contributed by atoms with Crippen LogP contribution in [0.3, 0.4) is 0 Å². The Balaban J connectivity index is 1.78. The molecule has 0 amide bonds. The zero-order chi connectivity index (χ0) is 19.5. The highest BCUT2D eigenvalue weighted by molar-refractivity contribution is 9.10. The summed E-state index contributed by atoms with van der Waals surface area (Å²) in [5, 5.41) is 0. The fourth-order valence-electron chi connectivity index (χ4n) is 2.17. The molecule has 3 rings (SSSR count). The Morgan fingerprint density at radius 3 is 1.74 bits per heavy atom. The molecule has 0 radical (unpaired) electrons. The van der Waals surface area contributed by atoms with Crippen LogP contribution in [0.25, 0.3) is 0 Å². The number of sulfonamides is 2. The highest BCUT2D eigenvalue weighted by atomic mass is 79.9. The van der Waals surface area contributed by atoms with Crippen LogP contribution in [0, 0.1) is 0 Å². The van der Waals surface area contributed by atoms with Crippen molar-refractivity contribution < 1.29 is 16.8 Å². The van der Waals surface area contributed by atoms with Crippen LogP contribution in [0.2, 0.25) is 0 Å². The first kappa shape index (κ1) is 19.3. The van der Waals surface area contributed by atoms with E-state index in [1.54, 1.807) is 24.3 Å². The third kappa shape index (κ3) is 4.85. The van der Waals surface area contributed by atoms with Crippen LogP contribution < -0.4 is 9.44 Å². The van der Waals surface area contributed by atoms with Gasteiger partial charge in [0, 0.05) is 16.4 Å². The number of rotatable bonds is 6. The van der Waals surface area contributed by atoms with Crippen molar-refractivity contribution in [2.24, 2.45) is 0 Å². The number of anilines is 2. The van der Waals surface area contributed by atoms with Crippen LogP contribution in [0.4, 0.5) is 11.4 Å².